The number of benzene rings is 1. The molecule has 1 aliphatic heterocycles. The largest absolute Gasteiger partial charge is 0.370 e. The summed E-state index contributed by atoms with van der Waals surface area (Å²) in [7, 11) is 0. The van der Waals surface area contributed by atoms with Crippen molar-refractivity contribution in [1.29, 1.82) is 5.26 Å². The molecule has 2 heterocycles. The maximum atomic E-state index is 9.48. The Balaban J connectivity index is 1.89. The number of nitriles is 1. The highest BCUT2D eigenvalue weighted by Gasteiger charge is 2.26. The predicted molar refractivity (Wildman–Crippen MR) is 88.6 cm³/mol. The molecule has 1 aromatic carbocycles. The van der Waals surface area contributed by atoms with Gasteiger partial charge in [0.05, 0.1) is 12.3 Å². The maximum absolute atomic E-state index is 9.48. The first-order chi connectivity index (χ1) is 11.1. The van der Waals surface area contributed by atoms with E-state index in [0.29, 0.717) is 36.1 Å². The van der Waals surface area contributed by atoms with Gasteiger partial charge < -0.3 is 9.64 Å². The fourth-order valence-corrected chi connectivity index (χ4v) is 2.80. The summed E-state index contributed by atoms with van der Waals surface area (Å²) < 4.78 is 5.87. The molecule has 1 atom stereocenters. The van der Waals surface area contributed by atoms with E-state index in [1.54, 1.807) is 0 Å². The molecular weight excluding hydrogens is 312 g/mol. The van der Waals surface area contributed by atoms with Gasteiger partial charge in [-0.05, 0) is 37.1 Å². The Hall–Kier alpha value is -2.16. The van der Waals surface area contributed by atoms with Gasteiger partial charge in [-0.1, -0.05) is 23.7 Å². The molecule has 0 radical (unpaired) electrons. The van der Waals surface area contributed by atoms with E-state index >= 15 is 0 Å². The van der Waals surface area contributed by atoms with Crippen molar-refractivity contribution in [3.63, 3.8) is 0 Å². The Morgan fingerprint density at radius 3 is 2.70 bits per heavy atom. The van der Waals surface area contributed by atoms with Crippen molar-refractivity contribution in [3.05, 3.63) is 51.7 Å². The van der Waals surface area contributed by atoms with Gasteiger partial charge in [-0.3, -0.25) is 0 Å². The summed E-state index contributed by atoms with van der Waals surface area (Å²) in [5, 5.41) is 18.6. The van der Waals surface area contributed by atoms with Crippen LogP contribution in [0.15, 0.2) is 24.3 Å². The molecule has 0 saturated carbocycles. The predicted octanol–water partition coefficient (Wildman–Crippen LogP) is 3.20. The van der Waals surface area contributed by atoms with Crippen LogP contribution in [-0.2, 0) is 4.74 Å². The fraction of sp³-hybridized carbons (Fsp3) is 0.353. The van der Waals surface area contributed by atoms with E-state index in [1.807, 2.05) is 38.1 Å². The van der Waals surface area contributed by atoms with Gasteiger partial charge in [0.15, 0.2) is 5.82 Å². The molecule has 0 bridgehead atoms. The van der Waals surface area contributed by atoms with Crippen molar-refractivity contribution in [3.8, 4) is 6.07 Å². The minimum absolute atomic E-state index is 0.0732. The minimum Gasteiger partial charge on any atom is -0.370 e. The smallest absolute Gasteiger partial charge is 0.169 e. The maximum Gasteiger partial charge on any atom is 0.169 e. The van der Waals surface area contributed by atoms with Gasteiger partial charge >= 0.3 is 0 Å². The van der Waals surface area contributed by atoms with E-state index in [4.69, 9.17) is 16.3 Å². The van der Waals surface area contributed by atoms with Crippen molar-refractivity contribution >= 4 is 17.4 Å². The lowest BCUT2D eigenvalue weighted by Crippen LogP contribution is -2.39. The van der Waals surface area contributed by atoms with Crippen LogP contribution >= 0.6 is 11.6 Å². The lowest BCUT2D eigenvalue weighted by atomic mass is 10.1. The summed E-state index contributed by atoms with van der Waals surface area (Å²) in [5.41, 5.74) is 3.32. The number of halogens is 1. The van der Waals surface area contributed by atoms with Crippen LogP contribution in [0.4, 0.5) is 5.82 Å². The standard InChI is InChI=1S/C17H17ClN4O/c1-11-12(2)20-21-17(15(11)9-19)22-7-8-23-16(10-22)13-3-5-14(18)6-4-13/h3-6,16H,7-8,10H2,1-2H3. The highest BCUT2D eigenvalue weighted by Crippen LogP contribution is 2.28. The van der Waals surface area contributed by atoms with Crippen LogP contribution in [0.5, 0.6) is 0 Å². The summed E-state index contributed by atoms with van der Waals surface area (Å²) in [6.07, 6.45) is -0.0732. The molecule has 6 heteroatoms. The Morgan fingerprint density at radius 2 is 2.00 bits per heavy atom. The number of ether oxygens (including phenoxy) is 1. The summed E-state index contributed by atoms with van der Waals surface area (Å²) in [5.74, 6) is 0.637. The zero-order valence-corrected chi connectivity index (χ0v) is 13.8. The summed E-state index contributed by atoms with van der Waals surface area (Å²) >= 11 is 5.94. The Labute approximate surface area is 140 Å². The molecule has 1 saturated heterocycles. The molecule has 1 aliphatic rings. The van der Waals surface area contributed by atoms with Crippen molar-refractivity contribution < 1.29 is 4.74 Å². The van der Waals surface area contributed by atoms with E-state index < -0.39 is 0 Å². The molecule has 3 rings (SSSR count). The number of nitrogens with zero attached hydrogens (tertiary/aromatic N) is 4. The topological polar surface area (TPSA) is 62.0 Å². The number of rotatable bonds is 2. The zero-order chi connectivity index (χ0) is 16.4. The van der Waals surface area contributed by atoms with Gasteiger partial charge in [-0.2, -0.15) is 10.4 Å². The van der Waals surface area contributed by atoms with Crippen molar-refractivity contribution in [1.82, 2.24) is 10.2 Å². The normalized spacial score (nSPS) is 17.8. The second-order valence-corrected chi connectivity index (χ2v) is 6.01. The van der Waals surface area contributed by atoms with Crippen LogP contribution in [0.3, 0.4) is 0 Å². The number of hydrogen-bond acceptors (Lipinski definition) is 5. The molecule has 0 spiro atoms. The molecule has 0 amide bonds. The minimum atomic E-state index is -0.0732. The van der Waals surface area contributed by atoms with E-state index in [2.05, 4.69) is 21.2 Å². The Bertz CT molecular complexity index is 754. The molecule has 1 aromatic heterocycles. The van der Waals surface area contributed by atoms with E-state index in [0.717, 1.165) is 16.8 Å². The van der Waals surface area contributed by atoms with E-state index in [9.17, 15) is 5.26 Å². The quantitative estimate of drug-likeness (QED) is 0.847. The number of aryl methyl sites for hydroxylation is 1. The van der Waals surface area contributed by atoms with Crippen LogP contribution < -0.4 is 4.90 Å². The van der Waals surface area contributed by atoms with Gasteiger partial charge in [0.25, 0.3) is 0 Å². The van der Waals surface area contributed by atoms with Crippen LogP contribution in [0, 0.1) is 25.2 Å². The van der Waals surface area contributed by atoms with Gasteiger partial charge in [0, 0.05) is 18.1 Å². The lowest BCUT2D eigenvalue weighted by Gasteiger charge is -2.34. The van der Waals surface area contributed by atoms with Crippen LogP contribution in [0.2, 0.25) is 5.02 Å². The first-order valence-corrected chi connectivity index (χ1v) is 7.84. The van der Waals surface area contributed by atoms with E-state index in [1.165, 1.54) is 0 Å². The molecule has 1 unspecified atom stereocenters. The third-order valence-electron chi connectivity index (χ3n) is 4.16. The molecule has 118 valence electrons. The van der Waals surface area contributed by atoms with Crippen molar-refractivity contribution in [2.75, 3.05) is 24.6 Å². The first kappa shape index (κ1) is 15.7. The zero-order valence-electron chi connectivity index (χ0n) is 13.1. The number of anilines is 1. The Morgan fingerprint density at radius 1 is 1.26 bits per heavy atom. The third kappa shape index (κ3) is 3.14. The molecule has 23 heavy (non-hydrogen) atoms. The summed E-state index contributed by atoms with van der Waals surface area (Å²) in [4.78, 5) is 2.07. The van der Waals surface area contributed by atoms with Gasteiger partial charge in [-0.25, -0.2) is 0 Å². The highest BCUT2D eigenvalue weighted by molar-refractivity contribution is 6.30. The Kier molecular flexibility index (Phi) is 4.46. The van der Waals surface area contributed by atoms with Crippen LogP contribution in [0.25, 0.3) is 0 Å². The van der Waals surface area contributed by atoms with Gasteiger partial charge in [0.2, 0.25) is 0 Å². The summed E-state index contributed by atoms with van der Waals surface area (Å²) in [6, 6.07) is 9.91. The van der Waals surface area contributed by atoms with Crippen LogP contribution in [0.1, 0.15) is 28.5 Å². The average Bonchev–Trinajstić information content (AvgIpc) is 2.58. The molecule has 0 N–H and O–H groups in total. The number of aromatic nitrogens is 2. The van der Waals surface area contributed by atoms with Crippen molar-refractivity contribution in [2.45, 2.75) is 20.0 Å². The van der Waals surface area contributed by atoms with Crippen LogP contribution in [-0.4, -0.2) is 29.9 Å². The SMILES string of the molecule is Cc1nnc(N2CCOC(c3ccc(Cl)cc3)C2)c(C#N)c1C. The summed E-state index contributed by atoms with van der Waals surface area (Å²) in [6.45, 7) is 5.67. The molecule has 2 aromatic rings. The average molecular weight is 329 g/mol. The third-order valence-corrected chi connectivity index (χ3v) is 4.41. The molecule has 1 fully saturated rings. The second-order valence-electron chi connectivity index (χ2n) is 5.58. The van der Waals surface area contributed by atoms with Gasteiger partial charge in [-0.15, -0.1) is 5.10 Å². The highest BCUT2D eigenvalue weighted by atomic mass is 35.5. The lowest BCUT2D eigenvalue weighted by molar-refractivity contribution is 0.0394. The number of hydrogen-bond donors (Lipinski definition) is 0. The molecular formula is C17H17ClN4O. The number of morpholine rings is 1. The molecule has 5 nitrogen and oxygen atoms in total. The second kappa shape index (κ2) is 6.53. The fourth-order valence-electron chi connectivity index (χ4n) is 2.67. The molecule has 0 aliphatic carbocycles. The van der Waals surface area contributed by atoms with E-state index in [-0.39, 0.29) is 6.10 Å². The van der Waals surface area contributed by atoms with Gasteiger partial charge in [0.1, 0.15) is 17.7 Å². The first-order valence-electron chi connectivity index (χ1n) is 7.46. The van der Waals surface area contributed by atoms with Crippen molar-refractivity contribution in [2.24, 2.45) is 0 Å². The monoisotopic (exact) mass is 328 g/mol.